The zero-order valence-corrected chi connectivity index (χ0v) is 16.6. The number of furan rings is 1. The molecule has 3 aromatic rings. The Morgan fingerprint density at radius 1 is 1.50 bits per heavy atom. The van der Waals surface area contributed by atoms with E-state index in [-0.39, 0.29) is 5.56 Å². The molecule has 0 fully saturated rings. The topological polar surface area (TPSA) is 57.3 Å². The molecule has 0 bridgehead atoms. The molecule has 0 radical (unpaired) electrons. The molecule has 5 nitrogen and oxygen atoms in total. The van der Waals surface area contributed by atoms with Gasteiger partial charge in [0.15, 0.2) is 5.16 Å². The Hall–Kier alpha value is -1.57. The van der Waals surface area contributed by atoms with Gasteiger partial charge in [-0.1, -0.05) is 18.7 Å². The summed E-state index contributed by atoms with van der Waals surface area (Å²) in [5.74, 6) is 2.20. The number of methoxy groups -OCH3 is 1. The zero-order valence-electron chi connectivity index (χ0n) is 15.0. The molecule has 0 N–H and O–H groups in total. The minimum absolute atomic E-state index is 0.0540. The van der Waals surface area contributed by atoms with E-state index >= 15 is 0 Å². The van der Waals surface area contributed by atoms with Crippen LogP contribution in [-0.2, 0) is 24.1 Å². The number of aryl methyl sites for hydroxylation is 1. The van der Waals surface area contributed by atoms with Gasteiger partial charge in [-0.25, -0.2) is 4.98 Å². The van der Waals surface area contributed by atoms with Crippen LogP contribution >= 0.6 is 23.1 Å². The minimum Gasteiger partial charge on any atom is -0.467 e. The normalized spacial score (nSPS) is 16.9. The van der Waals surface area contributed by atoms with Crippen molar-refractivity contribution in [1.29, 1.82) is 0 Å². The van der Waals surface area contributed by atoms with Gasteiger partial charge in [0.2, 0.25) is 0 Å². The second kappa shape index (κ2) is 7.58. The molecular formula is C19H22N2O3S2. The van der Waals surface area contributed by atoms with E-state index in [2.05, 4.69) is 6.92 Å². The number of ether oxygens (including phenoxy) is 1. The second-order valence-corrected chi connectivity index (χ2v) is 8.88. The quantitative estimate of drug-likeness (QED) is 0.362. The van der Waals surface area contributed by atoms with Gasteiger partial charge in [0.05, 0.1) is 24.8 Å². The average molecular weight is 391 g/mol. The summed E-state index contributed by atoms with van der Waals surface area (Å²) in [7, 11) is 1.68. The van der Waals surface area contributed by atoms with Crippen LogP contribution in [0.15, 0.2) is 32.8 Å². The first-order valence-electron chi connectivity index (χ1n) is 8.86. The van der Waals surface area contributed by atoms with Gasteiger partial charge in [-0.15, -0.1) is 11.3 Å². The monoisotopic (exact) mass is 390 g/mol. The maximum Gasteiger partial charge on any atom is 0.263 e. The van der Waals surface area contributed by atoms with Crippen molar-refractivity contribution in [3.05, 3.63) is 45.0 Å². The molecule has 0 saturated heterocycles. The molecule has 0 amide bonds. The molecule has 26 heavy (non-hydrogen) atoms. The maximum atomic E-state index is 13.4. The lowest BCUT2D eigenvalue weighted by atomic mass is 9.89. The van der Waals surface area contributed by atoms with Crippen molar-refractivity contribution < 1.29 is 9.15 Å². The van der Waals surface area contributed by atoms with E-state index in [0.717, 1.165) is 46.1 Å². The molecule has 0 spiro atoms. The molecule has 1 unspecified atom stereocenters. The predicted molar refractivity (Wildman–Crippen MR) is 105 cm³/mol. The van der Waals surface area contributed by atoms with Crippen molar-refractivity contribution >= 4 is 33.3 Å². The summed E-state index contributed by atoms with van der Waals surface area (Å²) in [5, 5.41) is 1.56. The number of aromatic nitrogens is 2. The van der Waals surface area contributed by atoms with Gasteiger partial charge in [-0.3, -0.25) is 9.36 Å². The van der Waals surface area contributed by atoms with Gasteiger partial charge in [-0.05, 0) is 42.9 Å². The summed E-state index contributed by atoms with van der Waals surface area (Å²) in [4.78, 5) is 20.5. The molecular weight excluding hydrogens is 368 g/mol. The lowest BCUT2D eigenvalue weighted by molar-refractivity contribution is 0.218. The predicted octanol–water partition coefficient (Wildman–Crippen LogP) is 3.96. The Labute approximate surface area is 160 Å². The number of hydrogen-bond acceptors (Lipinski definition) is 6. The first kappa shape index (κ1) is 17.8. The fraction of sp³-hybridized carbons (Fsp3) is 0.474. The second-order valence-electron chi connectivity index (χ2n) is 6.74. The van der Waals surface area contributed by atoms with Crippen molar-refractivity contribution in [2.24, 2.45) is 5.92 Å². The SMILES string of the molecule is COCCSc1nc2sc3c(c2c(=O)n1Cc1ccco1)CCC(C)C3. The molecule has 3 aromatic heterocycles. The molecule has 7 heteroatoms. The largest absolute Gasteiger partial charge is 0.467 e. The number of fused-ring (bicyclic) bond motifs is 3. The van der Waals surface area contributed by atoms with Crippen LogP contribution in [0.4, 0.5) is 0 Å². The Balaban J connectivity index is 1.83. The first-order chi connectivity index (χ1) is 12.7. The number of thiophene rings is 1. The zero-order chi connectivity index (χ0) is 18.1. The highest BCUT2D eigenvalue weighted by Gasteiger charge is 2.25. The average Bonchev–Trinajstić information content (AvgIpc) is 3.25. The van der Waals surface area contributed by atoms with Gasteiger partial charge >= 0.3 is 0 Å². The van der Waals surface area contributed by atoms with Crippen molar-refractivity contribution in [1.82, 2.24) is 9.55 Å². The molecule has 1 atom stereocenters. The van der Waals surface area contributed by atoms with E-state index in [1.54, 1.807) is 41.0 Å². The van der Waals surface area contributed by atoms with Crippen molar-refractivity contribution in [3.8, 4) is 0 Å². The molecule has 1 aliphatic rings. The molecule has 1 aliphatic carbocycles. The van der Waals surface area contributed by atoms with Gasteiger partial charge in [-0.2, -0.15) is 0 Å². The molecule has 0 aromatic carbocycles. The molecule has 138 valence electrons. The van der Waals surface area contributed by atoms with Crippen molar-refractivity contribution in [2.75, 3.05) is 19.5 Å². The Bertz CT molecular complexity index is 959. The summed E-state index contributed by atoms with van der Waals surface area (Å²) < 4.78 is 12.4. The molecule has 0 aliphatic heterocycles. The third kappa shape index (κ3) is 3.35. The van der Waals surface area contributed by atoms with Crippen molar-refractivity contribution in [2.45, 2.75) is 37.9 Å². The van der Waals surface area contributed by atoms with E-state index in [0.29, 0.717) is 19.1 Å². The number of rotatable bonds is 6. The fourth-order valence-corrected chi connectivity index (χ4v) is 5.75. The number of thioether (sulfide) groups is 1. The van der Waals surface area contributed by atoms with Crippen LogP contribution < -0.4 is 5.56 Å². The molecule has 4 rings (SSSR count). The van der Waals surface area contributed by atoms with Crippen LogP contribution in [0.25, 0.3) is 10.2 Å². The fourth-order valence-electron chi connectivity index (χ4n) is 3.43. The highest BCUT2D eigenvalue weighted by atomic mass is 32.2. The summed E-state index contributed by atoms with van der Waals surface area (Å²) in [5.41, 5.74) is 1.28. The third-order valence-electron chi connectivity index (χ3n) is 4.79. The van der Waals surface area contributed by atoms with Crippen LogP contribution in [0.3, 0.4) is 0 Å². The van der Waals surface area contributed by atoms with Gasteiger partial charge < -0.3 is 9.15 Å². The van der Waals surface area contributed by atoms with Crippen LogP contribution in [0, 0.1) is 5.92 Å². The van der Waals surface area contributed by atoms with E-state index in [1.165, 1.54) is 10.4 Å². The lowest BCUT2D eigenvalue weighted by Crippen LogP contribution is -2.24. The van der Waals surface area contributed by atoms with Gasteiger partial charge in [0.1, 0.15) is 10.6 Å². The summed E-state index contributed by atoms with van der Waals surface area (Å²) >= 11 is 3.26. The summed E-state index contributed by atoms with van der Waals surface area (Å²) in [6, 6.07) is 3.74. The Kier molecular flexibility index (Phi) is 5.20. The maximum absolute atomic E-state index is 13.4. The highest BCUT2D eigenvalue weighted by Crippen LogP contribution is 2.36. The van der Waals surface area contributed by atoms with E-state index < -0.39 is 0 Å². The smallest absolute Gasteiger partial charge is 0.263 e. The molecule has 3 heterocycles. The highest BCUT2D eigenvalue weighted by molar-refractivity contribution is 7.99. The minimum atomic E-state index is 0.0540. The van der Waals surface area contributed by atoms with Crippen molar-refractivity contribution in [3.63, 3.8) is 0 Å². The standard InChI is InChI=1S/C19H22N2O3S2/c1-12-5-6-14-15(10-12)26-17-16(14)18(22)21(11-13-4-3-7-24-13)19(20-17)25-9-8-23-2/h3-4,7,12H,5-6,8-11H2,1-2H3. The third-order valence-corrected chi connectivity index (χ3v) is 6.88. The van der Waals surface area contributed by atoms with Crippen LogP contribution in [-0.4, -0.2) is 29.0 Å². The van der Waals surface area contributed by atoms with E-state index in [1.807, 2.05) is 12.1 Å². The van der Waals surface area contributed by atoms with Crippen LogP contribution in [0.2, 0.25) is 0 Å². The van der Waals surface area contributed by atoms with E-state index in [9.17, 15) is 4.79 Å². The summed E-state index contributed by atoms with van der Waals surface area (Å²) in [6.45, 7) is 3.31. The number of hydrogen-bond donors (Lipinski definition) is 0. The van der Waals surface area contributed by atoms with E-state index in [4.69, 9.17) is 14.1 Å². The Morgan fingerprint density at radius 2 is 2.38 bits per heavy atom. The molecule has 0 saturated carbocycles. The lowest BCUT2D eigenvalue weighted by Gasteiger charge is -2.17. The Morgan fingerprint density at radius 3 is 3.15 bits per heavy atom. The number of nitrogens with zero attached hydrogens (tertiary/aromatic N) is 2. The van der Waals surface area contributed by atoms with Gasteiger partial charge in [0.25, 0.3) is 5.56 Å². The van der Waals surface area contributed by atoms with Crippen LogP contribution in [0.5, 0.6) is 0 Å². The van der Waals surface area contributed by atoms with Crippen LogP contribution in [0.1, 0.15) is 29.5 Å². The first-order valence-corrected chi connectivity index (χ1v) is 10.7. The van der Waals surface area contributed by atoms with Gasteiger partial charge in [0, 0.05) is 17.7 Å². The summed E-state index contributed by atoms with van der Waals surface area (Å²) in [6.07, 6.45) is 4.81.